The fourth-order valence-corrected chi connectivity index (χ4v) is 2.47. The lowest BCUT2D eigenvalue weighted by molar-refractivity contribution is 0.580. The monoisotopic (exact) mass is 263 g/mol. The number of nitrogens with one attached hydrogen (secondary N) is 1. The van der Waals surface area contributed by atoms with Gasteiger partial charge in [-0.25, -0.2) is 0 Å². The molecule has 3 heterocycles. The van der Waals surface area contributed by atoms with Crippen molar-refractivity contribution < 1.29 is 4.42 Å². The number of rotatable bonds is 3. The van der Waals surface area contributed by atoms with Gasteiger partial charge in [0.25, 0.3) is 0 Å². The van der Waals surface area contributed by atoms with E-state index in [2.05, 4.69) is 51.3 Å². The normalized spacial score (nSPS) is 11.2. The molecule has 4 rings (SSSR count). The number of hydrogen-bond donors (Lipinski definition) is 1. The number of aromatic amines is 1. The van der Waals surface area contributed by atoms with Crippen molar-refractivity contribution in [1.29, 1.82) is 0 Å². The third-order valence-corrected chi connectivity index (χ3v) is 3.44. The topological polar surface area (TPSA) is 46.8 Å². The van der Waals surface area contributed by atoms with E-state index >= 15 is 0 Å². The highest BCUT2D eigenvalue weighted by Crippen LogP contribution is 2.27. The second-order valence-corrected chi connectivity index (χ2v) is 4.74. The Morgan fingerprint density at radius 2 is 1.95 bits per heavy atom. The SMILES string of the molecule is c1ccc(Cn2ccc3c(-c4ccco4)[nH]nc32)cc1. The fourth-order valence-electron chi connectivity index (χ4n) is 2.47. The largest absolute Gasteiger partial charge is 0.463 e. The van der Waals surface area contributed by atoms with Crippen LogP contribution in [-0.4, -0.2) is 14.8 Å². The van der Waals surface area contributed by atoms with Crippen molar-refractivity contribution in [3.63, 3.8) is 0 Å². The van der Waals surface area contributed by atoms with Gasteiger partial charge in [0, 0.05) is 18.1 Å². The van der Waals surface area contributed by atoms with Crippen LogP contribution >= 0.6 is 0 Å². The first-order valence-electron chi connectivity index (χ1n) is 6.53. The summed E-state index contributed by atoms with van der Waals surface area (Å²) >= 11 is 0. The van der Waals surface area contributed by atoms with E-state index in [4.69, 9.17) is 4.42 Å². The van der Waals surface area contributed by atoms with Crippen molar-refractivity contribution >= 4 is 11.0 Å². The lowest BCUT2D eigenvalue weighted by Gasteiger charge is -2.02. The molecule has 1 N–H and O–H groups in total. The molecule has 4 nitrogen and oxygen atoms in total. The molecule has 0 bridgehead atoms. The molecule has 4 aromatic rings. The number of nitrogens with zero attached hydrogens (tertiary/aromatic N) is 2. The average Bonchev–Trinajstić information content (AvgIpc) is 3.18. The van der Waals surface area contributed by atoms with Crippen LogP contribution in [0.1, 0.15) is 5.56 Å². The van der Waals surface area contributed by atoms with E-state index in [1.54, 1.807) is 6.26 Å². The predicted octanol–water partition coefficient (Wildman–Crippen LogP) is 3.67. The predicted molar refractivity (Wildman–Crippen MR) is 77.3 cm³/mol. The molecule has 0 saturated carbocycles. The Morgan fingerprint density at radius 1 is 1.05 bits per heavy atom. The maximum absolute atomic E-state index is 5.43. The first-order chi connectivity index (χ1) is 9.92. The zero-order valence-electron chi connectivity index (χ0n) is 10.8. The fraction of sp³-hybridized carbons (Fsp3) is 0.0625. The minimum atomic E-state index is 0.810. The highest BCUT2D eigenvalue weighted by molar-refractivity contribution is 5.90. The quantitative estimate of drug-likeness (QED) is 0.613. The van der Waals surface area contributed by atoms with Crippen LogP contribution < -0.4 is 0 Å². The Bertz CT molecular complexity index is 825. The molecular weight excluding hydrogens is 250 g/mol. The average molecular weight is 263 g/mol. The minimum Gasteiger partial charge on any atom is -0.463 e. The van der Waals surface area contributed by atoms with Crippen molar-refractivity contribution in [3.8, 4) is 11.5 Å². The summed E-state index contributed by atoms with van der Waals surface area (Å²) in [7, 11) is 0. The third kappa shape index (κ3) is 1.73. The van der Waals surface area contributed by atoms with Gasteiger partial charge in [0.05, 0.1) is 6.26 Å². The summed E-state index contributed by atoms with van der Waals surface area (Å²) < 4.78 is 7.57. The zero-order valence-corrected chi connectivity index (χ0v) is 10.8. The number of aromatic nitrogens is 3. The molecule has 0 amide bonds. The molecule has 4 heteroatoms. The molecule has 0 radical (unpaired) electrons. The summed E-state index contributed by atoms with van der Waals surface area (Å²) in [5.74, 6) is 0.810. The molecular formula is C16H13N3O. The van der Waals surface area contributed by atoms with Crippen molar-refractivity contribution in [2.24, 2.45) is 0 Å². The van der Waals surface area contributed by atoms with Crippen LogP contribution in [0.4, 0.5) is 0 Å². The van der Waals surface area contributed by atoms with Crippen molar-refractivity contribution in [2.75, 3.05) is 0 Å². The van der Waals surface area contributed by atoms with Crippen LogP contribution in [-0.2, 0) is 6.54 Å². The first kappa shape index (κ1) is 11.1. The van der Waals surface area contributed by atoms with E-state index in [-0.39, 0.29) is 0 Å². The maximum Gasteiger partial charge on any atom is 0.162 e. The minimum absolute atomic E-state index is 0.810. The van der Waals surface area contributed by atoms with Gasteiger partial charge >= 0.3 is 0 Å². The molecule has 0 unspecified atom stereocenters. The lowest BCUT2D eigenvalue weighted by Crippen LogP contribution is -1.97. The van der Waals surface area contributed by atoms with Gasteiger partial charge < -0.3 is 8.98 Å². The molecule has 0 aliphatic carbocycles. The van der Waals surface area contributed by atoms with E-state index in [9.17, 15) is 0 Å². The molecule has 0 aliphatic heterocycles. The Labute approximate surface area is 115 Å². The molecule has 0 saturated heterocycles. The number of hydrogen-bond acceptors (Lipinski definition) is 2. The van der Waals surface area contributed by atoms with Gasteiger partial charge in [0.15, 0.2) is 11.4 Å². The van der Waals surface area contributed by atoms with Crippen LogP contribution in [0, 0.1) is 0 Å². The van der Waals surface area contributed by atoms with E-state index in [1.807, 2.05) is 18.2 Å². The summed E-state index contributed by atoms with van der Waals surface area (Å²) in [4.78, 5) is 0. The van der Waals surface area contributed by atoms with E-state index in [0.29, 0.717) is 0 Å². The van der Waals surface area contributed by atoms with Crippen molar-refractivity contribution in [2.45, 2.75) is 6.54 Å². The first-order valence-corrected chi connectivity index (χ1v) is 6.53. The van der Waals surface area contributed by atoms with Crippen LogP contribution in [0.2, 0.25) is 0 Å². The van der Waals surface area contributed by atoms with E-state index in [1.165, 1.54) is 5.56 Å². The Hall–Kier alpha value is -2.75. The molecule has 20 heavy (non-hydrogen) atoms. The number of furan rings is 1. The zero-order chi connectivity index (χ0) is 13.4. The number of fused-ring (bicyclic) bond motifs is 1. The van der Waals surface area contributed by atoms with Gasteiger partial charge in [0.2, 0.25) is 0 Å². The van der Waals surface area contributed by atoms with Gasteiger partial charge in [-0.05, 0) is 23.8 Å². The standard InChI is InChI=1S/C16H13N3O/c1-2-5-12(6-3-1)11-19-9-8-13-15(17-18-16(13)19)14-7-4-10-20-14/h1-10H,11H2,(H,17,18). The van der Waals surface area contributed by atoms with Crippen LogP contribution in [0.3, 0.4) is 0 Å². The lowest BCUT2D eigenvalue weighted by atomic mass is 10.2. The Kier molecular flexibility index (Phi) is 2.45. The molecule has 0 spiro atoms. The van der Waals surface area contributed by atoms with Crippen molar-refractivity contribution in [1.82, 2.24) is 14.8 Å². The van der Waals surface area contributed by atoms with Gasteiger partial charge in [-0.3, -0.25) is 5.10 Å². The highest BCUT2D eigenvalue weighted by Gasteiger charge is 2.13. The summed E-state index contributed by atoms with van der Waals surface area (Å²) in [5, 5.41) is 8.55. The third-order valence-electron chi connectivity index (χ3n) is 3.44. The highest BCUT2D eigenvalue weighted by atomic mass is 16.3. The molecule has 1 aromatic carbocycles. The van der Waals surface area contributed by atoms with Crippen LogP contribution in [0.25, 0.3) is 22.5 Å². The number of benzene rings is 1. The molecule has 0 fully saturated rings. The Morgan fingerprint density at radius 3 is 2.75 bits per heavy atom. The summed E-state index contributed by atoms with van der Waals surface area (Å²) in [6.07, 6.45) is 3.73. The summed E-state index contributed by atoms with van der Waals surface area (Å²) in [5.41, 5.74) is 3.13. The van der Waals surface area contributed by atoms with Gasteiger partial charge in [-0.2, -0.15) is 5.10 Å². The second-order valence-electron chi connectivity index (χ2n) is 4.74. The van der Waals surface area contributed by atoms with E-state index < -0.39 is 0 Å². The maximum atomic E-state index is 5.43. The van der Waals surface area contributed by atoms with Crippen molar-refractivity contribution in [3.05, 3.63) is 66.6 Å². The Balaban J connectivity index is 1.76. The van der Waals surface area contributed by atoms with Gasteiger partial charge in [-0.15, -0.1) is 0 Å². The molecule has 0 atom stereocenters. The molecule has 98 valence electrons. The smallest absolute Gasteiger partial charge is 0.162 e. The van der Waals surface area contributed by atoms with Crippen LogP contribution in [0.5, 0.6) is 0 Å². The summed E-state index contributed by atoms with van der Waals surface area (Å²) in [6, 6.07) is 16.2. The van der Waals surface area contributed by atoms with Gasteiger partial charge in [0.1, 0.15) is 5.69 Å². The summed E-state index contributed by atoms with van der Waals surface area (Å²) in [6.45, 7) is 0.812. The van der Waals surface area contributed by atoms with E-state index in [0.717, 1.165) is 29.0 Å². The van der Waals surface area contributed by atoms with Gasteiger partial charge in [-0.1, -0.05) is 30.3 Å². The second kappa shape index (κ2) is 4.42. The molecule has 3 aromatic heterocycles. The molecule has 0 aliphatic rings. The van der Waals surface area contributed by atoms with Crippen LogP contribution in [0.15, 0.2) is 65.4 Å². The number of H-pyrrole nitrogens is 1.